The lowest BCUT2D eigenvalue weighted by molar-refractivity contribution is 0.133. The molecular weight excluding hydrogens is 733 g/mol. The number of furan rings is 1. The minimum absolute atomic E-state index is 0.106. The van der Waals surface area contributed by atoms with E-state index in [0.29, 0.717) is 17.6 Å². The largest absolute Gasteiger partial charge is 0.456 e. The van der Waals surface area contributed by atoms with Crippen LogP contribution in [0.5, 0.6) is 0 Å². The molecule has 3 heterocycles. The van der Waals surface area contributed by atoms with Gasteiger partial charge in [-0.2, -0.15) is 0 Å². The first kappa shape index (κ1) is 34.1. The predicted molar refractivity (Wildman–Crippen MR) is 242 cm³/mol. The molecule has 3 aromatic heterocycles. The number of aromatic nitrogens is 4. The summed E-state index contributed by atoms with van der Waals surface area (Å²) in [6.07, 6.45) is 10.7. The fraction of sp³-hybridized carbons (Fsp3) is 0.182. The quantitative estimate of drug-likeness (QED) is 0.163. The van der Waals surface area contributed by atoms with Crippen molar-refractivity contribution >= 4 is 43.7 Å². The summed E-state index contributed by atoms with van der Waals surface area (Å²) in [5.41, 5.74) is 11.4. The summed E-state index contributed by atoms with van der Waals surface area (Å²) in [6.45, 7) is 9.64. The molecule has 288 valence electrons. The zero-order valence-electron chi connectivity index (χ0n) is 34.1. The van der Waals surface area contributed by atoms with Crippen LogP contribution in [0.15, 0.2) is 179 Å². The van der Waals surface area contributed by atoms with Crippen molar-refractivity contribution in [1.29, 1.82) is 0 Å². The van der Waals surface area contributed by atoms with Crippen LogP contribution in [0.1, 0.15) is 51.1 Å². The van der Waals surface area contributed by atoms with Gasteiger partial charge < -0.3 is 8.98 Å². The van der Waals surface area contributed by atoms with Crippen LogP contribution in [-0.4, -0.2) is 19.5 Å². The summed E-state index contributed by atoms with van der Waals surface area (Å²) in [6, 6.07) is 49.8. The van der Waals surface area contributed by atoms with Crippen molar-refractivity contribution < 1.29 is 4.42 Å². The van der Waals surface area contributed by atoms with Crippen LogP contribution in [0.2, 0.25) is 0 Å². The standard InChI is InChI=1S/C55H42N4O/c1-33(2)54-34(3)35(4)55(43-23-11-10-22-42(43)54,53-30-15-14-29-52(53,54)32-53)51-57-49(36-27-28-47-41(31-36)38-19-9-13-26-46(38)60-47)56-50(58-51)40-21-16-25-45-48(40)39-20-8-12-24-44(39)59(45)37-17-6-5-7-18-37/h5-31,33H,32H2,1-4H3. The molecule has 0 saturated heterocycles. The van der Waals surface area contributed by atoms with Crippen molar-refractivity contribution in [2.45, 2.75) is 44.9 Å². The number of allylic oxidation sites excluding steroid dienone is 6. The molecule has 60 heavy (non-hydrogen) atoms. The molecule has 5 aliphatic rings. The maximum absolute atomic E-state index is 6.32. The molecule has 9 aromatic rings. The van der Waals surface area contributed by atoms with E-state index in [1.807, 2.05) is 12.1 Å². The Morgan fingerprint density at radius 1 is 0.583 bits per heavy atom. The third-order valence-electron chi connectivity index (χ3n) is 15.4. The monoisotopic (exact) mass is 774 g/mol. The van der Waals surface area contributed by atoms with Crippen LogP contribution in [0.3, 0.4) is 0 Å². The highest BCUT2D eigenvalue weighted by Gasteiger charge is 2.88. The molecule has 6 aromatic carbocycles. The van der Waals surface area contributed by atoms with E-state index in [0.717, 1.165) is 72.8 Å². The highest BCUT2D eigenvalue weighted by atomic mass is 16.3. The Bertz CT molecular complexity index is 3440. The number of fused-ring (bicyclic) bond motifs is 6. The van der Waals surface area contributed by atoms with Gasteiger partial charge in [-0.3, -0.25) is 0 Å². The molecular formula is C55H42N4O. The molecule has 1 saturated carbocycles. The van der Waals surface area contributed by atoms with Crippen molar-refractivity contribution in [2.24, 2.45) is 16.7 Å². The van der Waals surface area contributed by atoms with E-state index in [-0.39, 0.29) is 16.2 Å². The van der Waals surface area contributed by atoms with E-state index in [1.165, 1.54) is 22.3 Å². The number of hydrogen-bond donors (Lipinski definition) is 0. The van der Waals surface area contributed by atoms with Crippen molar-refractivity contribution in [1.82, 2.24) is 19.5 Å². The first-order valence-electron chi connectivity index (χ1n) is 21.3. The van der Waals surface area contributed by atoms with Gasteiger partial charge >= 0.3 is 0 Å². The second-order valence-electron chi connectivity index (χ2n) is 17.8. The summed E-state index contributed by atoms with van der Waals surface area (Å²) < 4.78 is 8.68. The number of hydrogen-bond acceptors (Lipinski definition) is 4. The average molecular weight is 775 g/mol. The Labute approximate surface area is 348 Å². The third kappa shape index (κ3) is 3.75. The fourth-order valence-corrected chi connectivity index (χ4v) is 13.2. The molecule has 1 fully saturated rings. The average Bonchev–Trinajstić information content (AvgIpc) is 3.73. The Hall–Kier alpha value is -6.85. The van der Waals surface area contributed by atoms with Gasteiger partial charge in [0.15, 0.2) is 11.6 Å². The molecule has 14 rings (SSSR count). The predicted octanol–water partition coefficient (Wildman–Crippen LogP) is 13.2. The number of para-hydroxylation sites is 3. The smallest absolute Gasteiger partial charge is 0.164 e. The maximum Gasteiger partial charge on any atom is 0.164 e. The van der Waals surface area contributed by atoms with Gasteiger partial charge in [0.2, 0.25) is 0 Å². The second-order valence-corrected chi connectivity index (χ2v) is 17.8. The van der Waals surface area contributed by atoms with Crippen LogP contribution in [0, 0.1) is 16.7 Å². The minimum atomic E-state index is -0.629. The lowest BCUT2D eigenvalue weighted by Crippen LogP contribution is -2.61. The number of benzene rings is 6. The van der Waals surface area contributed by atoms with Gasteiger partial charge in [-0.05, 0) is 85.8 Å². The van der Waals surface area contributed by atoms with E-state index < -0.39 is 5.41 Å². The molecule has 5 aliphatic carbocycles. The van der Waals surface area contributed by atoms with Crippen molar-refractivity contribution in [3.05, 3.63) is 192 Å². The topological polar surface area (TPSA) is 56.7 Å². The van der Waals surface area contributed by atoms with Gasteiger partial charge in [-0.25, -0.2) is 15.0 Å². The maximum atomic E-state index is 6.32. The molecule has 0 aliphatic heterocycles. The van der Waals surface area contributed by atoms with Crippen LogP contribution >= 0.6 is 0 Å². The van der Waals surface area contributed by atoms with Crippen LogP contribution < -0.4 is 0 Å². The Balaban J connectivity index is 1.16. The van der Waals surface area contributed by atoms with E-state index >= 15 is 0 Å². The summed E-state index contributed by atoms with van der Waals surface area (Å²) in [5, 5.41) is 4.42. The summed E-state index contributed by atoms with van der Waals surface area (Å²) >= 11 is 0. The molecule has 0 N–H and O–H groups in total. The van der Waals surface area contributed by atoms with Crippen LogP contribution in [0.4, 0.5) is 0 Å². The van der Waals surface area contributed by atoms with Gasteiger partial charge in [0.25, 0.3) is 0 Å². The zero-order chi connectivity index (χ0) is 40.2. The SMILES string of the molecule is CC1=C(C)C2(C(C)C)c3ccccc3C1(c1nc(-c3ccc4oc5ccccc5c4c3)nc(-c3cccc4c3c3ccccc3n4-c3ccccc3)n1)C13C=CC=CC21C3. The van der Waals surface area contributed by atoms with Gasteiger partial charge in [0, 0.05) is 54.6 Å². The van der Waals surface area contributed by atoms with Crippen molar-refractivity contribution in [2.75, 3.05) is 0 Å². The summed E-state index contributed by atoms with van der Waals surface area (Å²) in [4.78, 5) is 17.1. The molecule has 0 radical (unpaired) electrons. The van der Waals surface area contributed by atoms with Crippen molar-refractivity contribution in [3.8, 4) is 28.5 Å². The van der Waals surface area contributed by atoms with Gasteiger partial charge in [-0.1, -0.05) is 140 Å². The van der Waals surface area contributed by atoms with Gasteiger partial charge in [-0.15, -0.1) is 0 Å². The Morgan fingerprint density at radius 2 is 1.27 bits per heavy atom. The number of rotatable bonds is 5. The van der Waals surface area contributed by atoms with Crippen molar-refractivity contribution in [3.63, 3.8) is 0 Å². The third-order valence-corrected chi connectivity index (χ3v) is 15.4. The van der Waals surface area contributed by atoms with Gasteiger partial charge in [0.1, 0.15) is 17.0 Å². The zero-order valence-corrected chi connectivity index (χ0v) is 34.1. The molecule has 2 bridgehead atoms. The fourth-order valence-electron chi connectivity index (χ4n) is 13.2. The Morgan fingerprint density at radius 3 is 2.10 bits per heavy atom. The molecule has 0 amide bonds. The Kier molecular flexibility index (Phi) is 6.50. The lowest BCUT2D eigenvalue weighted by Gasteiger charge is -2.63. The van der Waals surface area contributed by atoms with Crippen LogP contribution in [-0.2, 0) is 10.8 Å². The molecule has 4 unspecified atom stereocenters. The lowest BCUT2D eigenvalue weighted by atomic mass is 9.38. The van der Waals surface area contributed by atoms with E-state index in [4.69, 9.17) is 19.4 Å². The van der Waals surface area contributed by atoms with Crippen LogP contribution in [0.25, 0.3) is 72.2 Å². The number of nitrogens with zero attached hydrogens (tertiary/aromatic N) is 4. The van der Waals surface area contributed by atoms with Gasteiger partial charge in [0.05, 0.1) is 16.4 Å². The molecule has 5 heteroatoms. The van der Waals surface area contributed by atoms with E-state index in [2.05, 4.69) is 184 Å². The first-order chi connectivity index (χ1) is 29.4. The van der Waals surface area contributed by atoms with E-state index in [9.17, 15) is 0 Å². The molecule has 4 atom stereocenters. The minimum Gasteiger partial charge on any atom is -0.456 e. The normalized spacial score (nSPS) is 24.8. The van der Waals surface area contributed by atoms with E-state index in [1.54, 1.807) is 0 Å². The second kappa shape index (κ2) is 11.5. The highest BCUT2D eigenvalue weighted by molar-refractivity contribution is 6.15. The first-order valence-corrected chi connectivity index (χ1v) is 21.3. The summed E-state index contributed by atoms with van der Waals surface area (Å²) in [7, 11) is 0. The molecule has 0 spiro atoms. The highest BCUT2D eigenvalue weighted by Crippen LogP contribution is 2.90. The summed E-state index contributed by atoms with van der Waals surface area (Å²) in [5.74, 6) is 2.53. The molecule has 5 nitrogen and oxygen atoms in total.